The average Bonchev–Trinajstić information content (AvgIpc) is 2.84. The van der Waals surface area contributed by atoms with E-state index in [-0.39, 0.29) is 24.8 Å². The lowest BCUT2D eigenvalue weighted by Gasteiger charge is -2.31. The van der Waals surface area contributed by atoms with Gasteiger partial charge in [0.25, 0.3) is 0 Å². The zero-order chi connectivity index (χ0) is 13.6. The second-order valence-corrected chi connectivity index (χ2v) is 6.04. The Morgan fingerprint density at radius 2 is 1.90 bits per heavy atom. The van der Waals surface area contributed by atoms with Gasteiger partial charge in [0.15, 0.2) is 0 Å². The minimum atomic E-state index is 0. The van der Waals surface area contributed by atoms with Gasteiger partial charge in [-0.3, -0.25) is 0 Å². The highest BCUT2D eigenvalue weighted by molar-refractivity contribution is 5.85. The molecule has 1 unspecified atom stereocenters. The normalized spacial score (nSPS) is 20.9. The summed E-state index contributed by atoms with van der Waals surface area (Å²) in [6.07, 6.45) is 2.39. The first kappa shape index (κ1) is 20.7. The second-order valence-electron chi connectivity index (χ2n) is 6.04. The number of nitrogens with zero attached hydrogens (tertiary/aromatic N) is 1. The molecule has 0 aliphatic carbocycles. The molecule has 0 bridgehead atoms. The van der Waals surface area contributed by atoms with Crippen LogP contribution < -0.4 is 11.1 Å². The minimum Gasteiger partial charge on any atom is -0.329 e. The van der Waals surface area contributed by atoms with Crippen LogP contribution in [0.25, 0.3) is 0 Å². The number of nitrogens with two attached hydrogens (primary N) is 1. The summed E-state index contributed by atoms with van der Waals surface area (Å²) in [5.41, 5.74) is 7.60. The summed E-state index contributed by atoms with van der Waals surface area (Å²) in [4.78, 5) is 2.53. The van der Waals surface area contributed by atoms with E-state index in [0.717, 1.165) is 45.7 Å². The summed E-state index contributed by atoms with van der Waals surface area (Å²) in [5.74, 6) is 0. The van der Waals surface area contributed by atoms with Crippen molar-refractivity contribution in [3.05, 3.63) is 35.9 Å². The summed E-state index contributed by atoms with van der Waals surface area (Å²) >= 11 is 0. The van der Waals surface area contributed by atoms with Crippen molar-refractivity contribution in [2.75, 3.05) is 39.3 Å². The Kier molecular flexibility index (Phi) is 10.3. The van der Waals surface area contributed by atoms with Crippen molar-refractivity contribution in [1.29, 1.82) is 0 Å². The third-order valence-corrected chi connectivity index (χ3v) is 4.07. The van der Waals surface area contributed by atoms with Crippen LogP contribution in [0.15, 0.2) is 30.3 Å². The molecule has 1 atom stereocenters. The lowest BCUT2D eigenvalue weighted by atomic mass is 9.89. The molecular formula is C16H29Cl2N3. The molecule has 5 heteroatoms. The monoisotopic (exact) mass is 333 g/mol. The molecule has 1 heterocycles. The van der Waals surface area contributed by atoms with Gasteiger partial charge < -0.3 is 16.0 Å². The predicted octanol–water partition coefficient (Wildman–Crippen LogP) is 2.33. The van der Waals surface area contributed by atoms with Gasteiger partial charge in [-0.15, -0.1) is 24.8 Å². The van der Waals surface area contributed by atoms with Crippen LogP contribution in [0.1, 0.15) is 18.9 Å². The summed E-state index contributed by atoms with van der Waals surface area (Å²) < 4.78 is 0. The van der Waals surface area contributed by atoms with Crippen molar-refractivity contribution in [3.63, 3.8) is 0 Å². The molecule has 1 aromatic carbocycles. The first-order valence-corrected chi connectivity index (χ1v) is 7.39. The van der Waals surface area contributed by atoms with Crippen LogP contribution in [0.4, 0.5) is 0 Å². The molecule has 0 amide bonds. The highest BCUT2D eigenvalue weighted by Gasteiger charge is 2.30. The SMILES string of the molecule is CC1(CN(CCN)CCc2ccccc2)CCNC1.Cl.Cl. The van der Waals surface area contributed by atoms with Crippen LogP contribution in [-0.2, 0) is 6.42 Å². The van der Waals surface area contributed by atoms with Crippen LogP contribution >= 0.6 is 24.8 Å². The van der Waals surface area contributed by atoms with Crippen molar-refractivity contribution in [2.45, 2.75) is 19.8 Å². The van der Waals surface area contributed by atoms with Crippen molar-refractivity contribution in [1.82, 2.24) is 10.2 Å². The van der Waals surface area contributed by atoms with Gasteiger partial charge in [-0.25, -0.2) is 0 Å². The van der Waals surface area contributed by atoms with E-state index in [2.05, 4.69) is 47.5 Å². The van der Waals surface area contributed by atoms with Crippen LogP contribution in [-0.4, -0.2) is 44.2 Å². The molecule has 3 nitrogen and oxygen atoms in total. The molecule has 1 fully saturated rings. The van der Waals surface area contributed by atoms with E-state index in [4.69, 9.17) is 5.73 Å². The molecular weight excluding hydrogens is 305 g/mol. The van der Waals surface area contributed by atoms with Crippen LogP contribution in [0.3, 0.4) is 0 Å². The van der Waals surface area contributed by atoms with Crippen molar-refractivity contribution >= 4 is 24.8 Å². The van der Waals surface area contributed by atoms with E-state index < -0.39 is 0 Å². The Morgan fingerprint density at radius 3 is 2.48 bits per heavy atom. The highest BCUT2D eigenvalue weighted by atomic mass is 35.5. The van der Waals surface area contributed by atoms with Crippen molar-refractivity contribution < 1.29 is 0 Å². The summed E-state index contributed by atoms with van der Waals surface area (Å²) in [5, 5.41) is 3.48. The molecule has 0 radical (unpaired) electrons. The van der Waals surface area contributed by atoms with E-state index in [1.54, 1.807) is 0 Å². The lowest BCUT2D eigenvalue weighted by Crippen LogP contribution is -2.40. The first-order valence-electron chi connectivity index (χ1n) is 7.39. The number of hydrogen-bond acceptors (Lipinski definition) is 3. The van der Waals surface area contributed by atoms with Crippen molar-refractivity contribution in [2.24, 2.45) is 11.1 Å². The van der Waals surface area contributed by atoms with E-state index in [1.165, 1.54) is 12.0 Å². The first-order chi connectivity index (χ1) is 9.22. The fraction of sp³-hybridized carbons (Fsp3) is 0.625. The van der Waals surface area contributed by atoms with Crippen LogP contribution in [0.2, 0.25) is 0 Å². The van der Waals surface area contributed by atoms with Gasteiger partial charge in [-0.05, 0) is 30.4 Å². The highest BCUT2D eigenvalue weighted by Crippen LogP contribution is 2.25. The van der Waals surface area contributed by atoms with Gasteiger partial charge in [0, 0.05) is 32.7 Å². The molecule has 21 heavy (non-hydrogen) atoms. The molecule has 3 N–H and O–H groups in total. The molecule has 2 rings (SSSR count). The number of hydrogen-bond donors (Lipinski definition) is 2. The maximum Gasteiger partial charge on any atom is 0.0105 e. The molecule has 1 aliphatic rings. The minimum absolute atomic E-state index is 0. The summed E-state index contributed by atoms with van der Waals surface area (Å²) in [6.45, 7) is 8.70. The van der Waals surface area contributed by atoms with Gasteiger partial charge >= 0.3 is 0 Å². The third kappa shape index (κ3) is 6.98. The molecule has 0 aromatic heterocycles. The molecule has 1 aromatic rings. The zero-order valence-electron chi connectivity index (χ0n) is 12.9. The number of rotatable bonds is 7. The molecule has 1 saturated heterocycles. The average molecular weight is 334 g/mol. The maximum atomic E-state index is 5.76. The summed E-state index contributed by atoms with van der Waals surface area (Å²) in [7, 11) is 0. The fourth-order valence-electron chi connectivity index (χ4n) is 2.93. The lowest BCUT2D eigenvalue weighted by molar-refractivity contribution is 0.183. The third-order valence-electron chi connectivity index (χ3n) is 4.07. The largest absolute Gasteiger partial charge is 0.329 e. The standard InChI is InChI=1S/C16H27N3.2ClH/c1-16(8-10-18-13-16)14-19(12-9-17)11-7-15-5-3-2-4-6-15;;/h2-6,18H,7-14,17H2,1H3;2*1H. The summed E-state index contributed by atoms with van der Waals surface area (Å²) in [6, 6.07) is 10.7. The maximum absolute atomic E-state index is 5.76. The van der Waals surface area contributed by atoms with Gasteiger partial charge in [0.2, 0.25) is 0 Å². The zero-order valence-corrected chi connectivity index (χ0v) is 14.5. The Balaban J connectivity index is 0.00000200. The smallest absolute Gasteiger partial charge is 0.0105 e. The van der Waals surface area contributed by atoms with E-state index in [0.29, 0.717) is 5.41 Å². The molecule has 122 valence electrons. The topological polar surface area (TPSA) is 41.3 Å². The number of nitrogens with one attached hydrogen (secondary N) is 1. The molecule has 0 spiro atoms. The van der Waals surface area contributed by atoms with Gasteiger partial charge in [0.05, 0.1) is 0 Å². The van der Waals surface area contributed by atoms with E-state index in [9.17, 15) is 0 Å². The number of halogens is 2. The Morgan fingerprint density at radius 1 is 1.19 bits per heavy atom. The van der Waals surface area contributed by atoms with Crippen LogP contribution in [0, 0.1) is 5.41 Å². The van der Waals surface area contributed by atoms with Gasteiger partial charge in [0.1, 0.15) is 0 Å². The quantitative estimate of drug-likeness (QED) is 0.804. The van der Waals surface area contributed by atoms with Gasteiger partial charge in [-0.2, -0.15) is 0 Å². The second kappa shape index (κ2) is 10.4. The van der Waals surface area contributed by atoms with E-state index in [1.807, 2.05) is 0 Å². The fourth-order valence-corrected chi connectivity index (χ4v) is 2.93. The predicted molar refractivity (Wildman–Crippen MR) is 95.7 cm³/mol. The van der Waals surface area contributed by atoms with Crippen LogP contribution in [0.5, 0.6) is 0 Å². The molecule has 0 saturated carbocycles. The van der Waals surface area contributed by atoms with Gasteiger partial charge in [-0.1, -0.05) is 37.3 Å². The Labute approximate surface area is 141 Å². The van der Waals surface area contributed by atoms with Crippen molar-refractivity contribution in [3.8, 4) is 0 Å². The molecule has 1 aliphatic heterocycles. The Hall–Kier alpha value is -0.320. The Bertz CT molecular complexity index is 367. The van der Waals surface area contributed by atoms with E-state index >= 15 is 0 Å². The number of benzene rings is 1.